The normalized spacial score (nSPS) is 11.1. The van der Waals surface area contributed by atoms with Gasteiger partial charge in [0.25, 0.3) is 0 Å². The molecule has 13 heavy (non-hydrogen) atoms. The van der Waals surface area contributed by atoms with Gasteiger partial charge in [-0.15, -0.1) is 0 Å². The maximum Gasteiger partial charge on any atom is 0.159 e. The molecular weight excluding hydrogens is 250 g/mol. The van der Waals surface area contributed by atoms with Gasteiger partial charge in [-0.1, -0.05) is 13.8 Å². The van der Waals surface area contributed by atoms with Gasteiger partial charge in [-0.05, 0) is 21.2 Å². The van der Waals surface area contributed by atoms with E-state index in [1.165, 1.54) is 0 Å². The SMILES string of the molecule is CC(C)SCCn1cc(Br)c(N)n1. The predicted molar refractivity (Wildman–Crippen MR) is 61.9 cm³/mol. The maximum atomic E-state index is 5.59. The van der Waals surface area contributed by atoms with Gasteiger partial charge in [-0.3, -0.25) is 4.68 Å². The van der Waals surface area contributed by atoms with Crippen LogP contribution in [0.4, 0.5) is 5.82 Å². The van der Waals surface area contributed by atoms with Gasteiger partial charge in [0.1, 0.15) is 0 Å². The summed E-state index contributed by atoms with van der Waals surface area (Å²) in [6.45, 7) is 5.30. The Kier molecular flexibility index (Phi) is 4.12. The minimum absolute atomic E-state index is 0.564. The Morgan fingerprint density at radius 1 is 1.69 bits per heavy atom. The molecule has 0 fully saturated rings. The number of hydrogen-bond acceptors (Lipinski definition) is 3. The van der Waals surface area contributed by atoms with Gasteiger partial charge in [-0.25, -0.2) is 0 Å². The van der Waals surface area contributed by atoms with E-state index in [0.717, 1.165) is 16.8 Å². The van der Waals surface area contributed by atoms with Crippen LogP contribution in [0.15, 0.2) is 10.7 Å². The highest BCUT2D eigenvalue weighted by Crippen LogP contribution is 2.17. The Balaban J connectivity index is 2.37. The van der Waals surface area contributed by atoms with Crippen LogP contribution in [0.3, 0.4) is 0 Å². The zero-order chi connectivity index (χ0) is 9.84. The molecule has 0 saturated heterocycles. The van der Waals surface area contributed by atoms with Crippen molar-refractivity contribution < 1.29 is 0 Å². The van der Waals surface area contributed by atoms with E-state index in [4.69, 9.17) is 5.73 Å². The number of hydrogen-bond donors (Lipinski definition) is 1. The first-order valence-corrected chi connectivity index (χ1v) is 6.04. The average molecular weight is 264 g/mol. The Bertz CT molecular complexity index is 253. The van der Waals surface area contributed by atoms with Crippen LogP contribution in [0.1, 0.15) is 13.8 Å². The summed E-state index contributed by atoms with van der Waals surface area (Å²) in [5.74, 6) is 1.64. The molecule has 0 spiro atoms. The van der Waals surface area contributed by atoms with Crippen molar-refractivity contribution >= 4 is 33.5 Å². The fourth-order valence-corrected chi connectivity index (χ4v) is 1.99. The van der Waals surface area contributed by atoms with Gasteiger partial charge in [-0.2, -0.15) is 16.9 Å². The molecule has 1 aromatic heterocycles. The van der Waals surface area contributed by atoms with Gasteiger partial charge < -0.3 is 5.73 Å². The molecule has 0 aliphatic rings. The molecule has 0 radical (unpaired) electrons. The third-order valence-electron chi connectivity index (χ3n) is 1.51. The number of nitrogens with zero attached hydrogens (tertiary/aromatic N) is 2. The Morgan fingerprint density at radius 3 is 2.85 bits per heavy atom. The summed E-state index contributed by atoms with van der Waals surface area (Å²) in [6, 6.07) is 0. The van der Waals surface area contributed by atoms with Crippen molar-refractivity contribution in [2.24, 2.45) is 0 Å². The van der Waals surface area contributed by atoms with Crippen LogP contribution < -0.4 is 5.73 Å². The summed E-state index contributed by atoms with van der Waals surface area (Å²) in [7, 11) is 0. The van der Waals surface area contributed by atoms with Crippen molar-refractivity contribution in [3.63, 3.8) is 0 Å². The second kappa shape index (κ2) is 4.91. The number of thioether (sulfide) groups is 1. The average Bonchev–Trinajstić information content (AvgIpc) is 2.30. The molecule has 1 rings (SSSR count). The first-order chi connectivity index (χ1) is 6.09. The van der Waals surface area contributed by atoms with Crippen LogP contribution >= 0.6 is 27.7 Å². The van der Waals surface area contributed by atoms with Crippen LogP contribution in [-0.4, -0.2) is 20.8 Å². The Hall–Kier alpha value is -0.160. The van der Waals surface area contributed by atoms with Crippen LogP contribution in [0.2, 0.25) is 0 Å². The third kappa shape index (κ3) is 3.60. The molecule has 1 heterocycles. The fourth-order valence-electron chi connectivity index (χ4n) is 0.908. The van der Waals surface area contributed by atoms with Crippen LogP contribution in [0.5, 0.6) is 0 Å². The molecule has 0 aliphatic heterocycles. The van der Waals surface area contributed by atoms with E-state index in [1.807, 2.05) is 22.6 Å². The lowest BCUT2D eigenvalue weighted by Crippen LogP contribution is -2.03. The number of nitrogen functional groups attached to an aromatic ring is 1. The fraction of sp³-hybridized carbons (Fsp3) is 0.625. The van der Waals surface area contributed by atoms with E-state index in [2.05, 4.69) is 34.9 Å². The molecule has 0 amide bonds. The van der Waals surface area contributed by atoms with Gasteiger partial charge in [0.2, 0.25) is 0 Å². The quantitative estimate of drug-likeness (QED) is 0.908. The number of halogens is 1. The highest BCUT2D eigenvalue weighted by Gasteiger charge is 2.02. The predicted octanol–water partition coefficient (Wildman–Crippen LogP) is 2.37. The van der Waals surface area contributed by atoms with Crippen LogP contribution in [-0.2, 0) is 6.54 Å². The second-order valence-corrected chi connectivity index (χ2v) is 5.58. The molecule has 3 nitrogen and oxygen atoms in total. The smallest absolute Gasteiger partial charge is 0.159 e. The number of nitrogens with two attached hydrogens (primary N) is 1. The standard InChI is InChI=1S/C8H14BrN3S/c1-6(2)13-4-3-12-5-7(9)8(10)11-12/h5-6H,3-4H2,1-2H3,(H2,10,11). The van der Waals surface area contributed by atoms with Crippen LogP contribution in [0.25, 0.3) is 0 Å². The molecule has 0 unspecified atom stereocenters. The molecule has 1 aromatic rings. The highest BCUT2D eigenvalue weighted by molar-refractivity contribution is 9.10. The van der Waals surface area contributed by atoms with E-state index in [0.29, 0.717) is 11.1 Å². The lowest BCUT2D eigenvalue weighted by molar-refractivity contribution is 0.668. The number of aromatic nitrogens is 2. The van der Waals surface area contributed by atoms with Crippen LogP contribution in [0, 0.1) is 0 Å². The molecule has 0 aliphatic carbocycles. The maximum absolute atomic E-state index is 5.59. The van der Waals surface area contributed by atoms with E-state index >= 15 is 0 Å². The summed E-state index contributed by atoms with van der Waals surface area (Å²) < 4.78 is 2.75. The molecule has 0 atom stereocenters. The number of rotatable bonds is 4. The summed E-state index contributed by atoms with van der Waals surface area (Å²) in [4.78, 5) is 0. The lowest BCUT2D eigenvalue weighted by Gasteiger charge is -2.03. The second-order valence-electron chi connectivity index (χ2n) is 3.04. The van der Waals surface area contributed by atoms with Crippen molar-refractivity contribution in [3.8, 4) is 0 Å². The van der Waals surface area contributed by atoms with Crippen molar-refractivity contribution in [1.82, 2.24) is 9.78 Å². The summed E-state index contributed by atoms with van der Waals surface area (Å²) >= 11 is 5.25. The summed E-state index contributed by atoms with van der Waals surface area (Å²) in [5.41, 5.74) is 5.59. The van der Waals surface area contributed by atoms with Crippen molar-refractivity contribution in [2.45, 2.75) is 25.6 Å². The number of aryl methyl sites for hydroxylation is 1. The minimum Gasteiger partial charge on any atom is -0.381 e. The third-order valence-corrected chi connectivity index (χ3v) is 3.21. The van der Waals surface area contributed by atoms with E-state index < -0.39 is 0 Å². The topological polar surface area (TPSA) is 43.8 Å². The molecule has 0 bridgehead atoms. The number of anilines is 1. The molecule has 0 aromatic carbocycles. The van der Waals surface area contributed by atoms with Crippen molar-refractivity contribution in [1.29, 1.82) is 0 Å². The zero-order valence-electron chi connectivity index (χ0n) is 7.83. The minimum atomic E-state index is 0.564. The van der Waals surface area contributed by atoms with E-state index in [1.54, 1.807) is 0 Å². The van der Waals surface area contributed by atoms with E-state index in [-0.39, 0.29) is 0 Å². The Morgan fingerprint density at radius 2 is 2.38 bits per heavy atom. The monoisotopic (exact) mass is 263 g/mol. The lowest BCUT2D eigenvalue weighted by atomic mass is 10.6. The molecular formula is C8H14BrN3S. The molecule has 5 heteroatoms. The highest BCUT2D eigenvalue weighted by atomic mass is 79.9. The molecule has 0 saturated carbocycles. The van der Waals surface area contributed by atoms with E-state index in [9.17, 15) is 0 Å². The first kappa shape index (κ1) is 10.9. The van der Waals surface area contributed by atoms with Gasteiger partial charge >= 0.3 is 0 Å². The van der Waals surface area contributed by atoms with Crippen molar-refractivity contribution in [2.75, 3.05) is 11.5 Å². The van der Waals surface area contributed by atoms with Gasteiger partial charge in [0.05, 0.1) is 11.0 Å². The first-order valence-electron chi connectivity index (χ1n) is 4.19. The Labute approximate surface area is 91.2 Å². The van der Waals surface area contributed by atoms with Gasteiger partial charge in [0, 0.05) is 11.9 Å². The molecule has 2 N–H and O–H groups in total. The van der Waals surface area contributed by atoms with Crippen molar-refractivity contribution in [3.05, 3.63) is 10.7 Å². The van der Waals surface area contributed by atoms with Gasteiger partial charge in [0.15, 0.2) is 5.82 Å². The zero-order valence-corrected chi connectivity index (χ0v) is 10.2. The molecule has 74 valence electrons. The summed E-state index contributed by atoms with van der Waals surface area (Å²) in [5, 5.41) is 4.82. The summed E-state index contributed by atoms with van der Waals surface area (Å²) in [6.07, 6.45) is 1.91. The largest absolute Gasteiger partial charge is 0.381 e.